The highest BCUT2D eigenvalue weighted by Crippen LogP contribution is 2.17. The number of aryl methyl sites for hydroxylation is 2. The summed E-state index contributed by atoms with van der Waals surface area (Å²) in [7, 11) is 1.79. The van der Waals surface area contributed by atoms with Gasteiger partial charge in [0.2, 0.25) is 0 Å². The molecule has 0 spiro atoms. The molecule has 3 rings (SSSR count). The van der Waals surface area contributed by atoms with E-state index in [0.717, 1.165) is 61.3 Å². The van der Waals surface area contributed by atoms with Crippen LogP contribution in [-0.2, 0) is 25.9 Å². The second-order valence-electron chi connectivity index (χ2n) is 6.99. The first-order valence-corrected chi connectivity index (χ1v) is 10.4. The number of guanidine groups is 1. The molecule has 1 aliphatic rings. The van der Waals surface area contributed by atoms with E-state index in [1.807, 2.05) is 25.1 Å². The van der Waals surface area contributed by atoms with E-state index < -0.39 is 0 Å². The van der Waals surface area contributed by atoms with Crippen molar-refractivity contribution in [3.05, 3.63) is 41.5 Å². The summed E-state index contributed by atoms with van der Waals surface area (Å²) in [5, 5.41) is 15.5. The maximum atomic E-state index is 5.68. The van der Waals surface area contributed by atoms with Crippen LogP contribution in [0.5, 0.6) is 5.75 Å². The Bertz CT molecular complexity index is 776. The molecule has 1 aromatic carbocycles. The standard InChI is InChI=1S/C21H32N6O.HI/c1-3-28-18-11-7-6-10-17(18)16-24-21(22-2)23-14-9-13-20-26-25-19-12-5-4-8-15-27(19)20;/h6-7,10-11H,3-5,8-9,12-16H2,1-2H3,(H2,22,23,24);1H. The van der Waals surface area contributed by atoms with Crippen molar-refractivity contribution >= 4 is 29.9 Å². The van der Waals surface area contributed by atoms with Gasteiger partial charge in [0.25, 0.3) is 0 Å². The van der Waals surface area contributed by atoms with Crippen molar-refractivity contribution in [1.29, 1.82) is 0 Å². The van der Waals surface area contributed by atoms with Gasteiger partial charge < -0.3 is 19.9 Å². The van der Waals surface area contributed by atoms with Crippen LogP contribution in [0.3, 0.4) is 0 Å². The number of hydrogen-bond acceptors (Lipinski definition) is 4. The van der Waals surface area contributed by atoms with E-state index in [2.05, 4.69) is 36.5 Å². The van der Waals surface area contributed by atoms with Crippen molar-refractivity contribution in [3.8, 4) is 5.75 Å². The molecular weight excluding hydrogens is 479 g/mol. The molecule has 1 aromatic heterocycles. The monoisotopic (exact) mass is 512 g/mol. The zero-order valence-corrected chi connectivity index (χ0v) is 19.8. The largest absolute Gasteiger partial charge is 0.494 e. The lowest BCUT2D eigenvalue weighted by molar-refractivity contribution is 0.336. The summed E-state index contributed by atoms with van der Waals surface area (Å²) in [6.07, 6.45) is 6.74. The molecule has 0 radical (unpaired) electrons. The molecule has 2 heterocycles. The summed E-state index contributed by atoms with van der Waals surface area (Å²) in [5.41, 5.74) is 1.12. The smallest absolute Gasteiger partial charge is 0.191 e. The summed E-state index contributed by atoms with van der Waals surface area (Å²) >= 11 is 0. The minimum Gasteiger partial charge on any atom is -0.494 e. The first-order chi connectivity index (χ1) is 13.8. The highest BCUT2D eigenvalue weighted by molar-refractivity contribution is 14.0. The number of aromatic nitrogens is 3. The minimum absolute atomic E-state index is 0. The van der Waals surface area contributed by atoms with E-state index in [1.165, 1.54) is 19.3 Å². The Morgan fingerprint density at radius 1 is 1.17 bits per heavy atom. The van der Waals surface area contributed by atoms with E-state index in [0.29, 0.717) is 13.2 Å². The maximum absolute atomic E-state index is 5.68. The zero-order chi connectivity index (χ0) is 19.6. The molecule has 29 heavy (non-hydrogen) atoms. The van der Waals surface area contributed by atoms with Gasteiger partial charge >= 0.3 is 0 Å². The minimum atomic E-state index is 0. The fourth-order valence-electron chi connectivity index (χ4n) is 3.53. The molecule has 0 atom stereocenters. The van der Waals surface area contributed by atoms with E-state index in [4.69, 9.17) is 4.74 Å². The van der Waals surface area contributed by atoms with Gasteiger partial charge in [-0.3, -0.25) is 4.99 Å². The number of ether oxygens (including phenoxy) is 1. The molecule has 0 bridgehead atoms. The van der Waals surface area contributed by atoms with Gasteiger partial charge in [-0.25, -0.2) is 0 Å². The van der Waals surface area contributed by atoms with Gasteiger partial charge in [0.15, 0.2) is 5.96 Å². The van der Waals surface area contributed by atoms with Gasteiger partial charge in [0.05, 0.1) is 6.61 Å². The van der Waals surface area contributed by atoms with Crippen molar-refractivity contribution in [3.63, 3.8) is 0 Å². The molecule has 0 saturated heterocycles. The summed E-state index contributed by atoms with van der Waals surface area (Å²) in [6, 6.07) is 8.09. The first-order valence-electron chi connectivity index (χ1n) is 10.4. The van der Waals surface area contributed by atoms with Crippen molar-refractivity contribution in [2.75, 3.05) is 20.2 Å². The van der Waals surface area contributed by atoms with Gasteiger partial charge in [-0.1, -0.05) is 24.6 Å². The highest BCUT2D eigenvalue weighted by atomic mass is 127. The van der Waals surface area contributed by atoms with Gasteiger partial charge in [-0.15, -0.1) is 34.2 Å². The van der Waals surface area contributed by atoms with Crippen LogP contribution >= 0.6 is 24.0 Å². The Labute approximate surface area is 190 Å². The van der Waals surface area contributed by atoms with Gasteiger partial charge in [-0.2, -0.15) is 0 Å². The van der Waals surface area contributed by atoms with E-state index in [9.17, 15) is 0 Å². The van der Waals surface area contributed by atoms with Crippen LogP contribution in [0.4, 0.5) is 0 Å². The number of hydrogen-bond donors (Lipinski definition) is 2. The van der Waals surface area contributed by atoms with Gasteiger partial charge in [-0.05, 0) is 32.3 Å². The number of para-hydroxylation sites is 1. The van der Waals surface area contributed by atoms with Crippen LogP contribution in [-0.4, -0.2) is 40.9 Å². The average molecular weight is 512 g/mol. The summed E-state index contributed by atoms with van der Waals surface area (Å²) < 4.78 is 8.01. The van der Waals surface area contributed by atoms with Crippen LogP contribution in [0.25, 0.3) is 0 Å². The number of nitrogens with zero attached hydrogens (tertiary/aromatic N) is 4. The summed E-state index contributed by atoms with van der Waals surface area (Å²) in [6.45, 7) is 5.24. The quantitative estimate of drug-likeness (QED) is 0.246. The van der Waals surface area contributed by atoms with Crippen LogP contribution in [0.2, 0.25) is 0 Å². The van der Waals surface area contributed by atoms with Crippen LogP contribution in [0.15, 0.2) is 29.3 Å². The third kappa shape index (κ3) is 6.87. The predicted molar refractivity (Wildman–Crippen MR) is 127 cm³/mol. The molecule has 1 aliphatic heterocycles. The topological polar surface area (TPSA) is 76.4 Å². The second-order valence-corrected chi connectivity index (χ2v) is 6.99. The Kier molecular flexibility index (Phi) is 10.2. The first kappa shape index (κ1) is 23.4. The molecule has 0 aliphatic carbocycles. The third-order valence-corrected chi connectivity index (χ3v) is 5.00. The molecule has 0 saturated carbocycles. The second kappa shape index (κ2) is 12.7. The Morgan fingerprint density at radius 2 is 2.03 bits per heavy atom. The van der Waals surface area contributed by atoms with E-state index in [-0.39, 0.29) is 24.0 Å². The normalized spacial score (nSPS) is 13.8. The molecule has 7 nitrogen and oxygen atoms in total. The molecule has 8 heteroatoms. The van der Waals surface area contributed by atoms with E-state index >= 15 is 0 Å². The Balaban J connectivity index is 0.00000300. The average Bonchev–Trinajstić information content (AvgIpc) is 2.94. The van der Waals surface area contributed by atoms with Crippen molar-refractivity contribution in [1.82, 2.24) is 25.4 Å². The van der Waals surface area contributed by atoms with Crippen molar-refractivity contribution in [2.24, 2.45) is 4.99 Å². The van der Waals surface area contributed by atoms with Gasteiger partial charge in [0.1, 0.15) is 17.4 Å². The SMILES string of the molecule is CCOc1ccccc1CNC(=NC)NCCCc1nnc2n1CCCCC2.I. The molecular formula is C21H33IN6O. The van der Waals surface area contributed by atoms with E-state index in [1.54, 1.807) is 7.05 Å². The molecule has 2 N–H and O–H groups in total. The van der Waals surface area contributed by atoms with Crippen LogP contribution in [0, 0.1) is 0 Å². The lowest BCUT2D eigenvalue weighted by Crippen LogP contribution is -2.37. The number of halogens is 1. The third-order valence-electron chi connectivity index (χ3n) is 5.00. The summed E-state index contributed by atoms with van der Waals surface area (Å²) in [5.74, 6) is 3.99. The number of rotatable bonds is 8. The van der Waals surface area contributed by atoms with Crippen LogP contribution < -0.4 is 15.4 Å². The maximum Gasteiger partial charge on any atom is 0.191 e. The molecule has 0 amide bonds. The highest BCUT2D eigenvalue weighted by Gasteiger charge is 2.14. The molecule has 2 aromatic rings. The fraction of sp³-hybridized carbons (Fsp3) is 0.571. The fourth-order valence-corrected chi connectivity index (χ4v) is 3.53. The Hall–Kier alpha value is -1.84. The summed E-state index contributed by atoms with van der Waals surface area (Å²) in [4.78, 5) is 4.32. The van der Waals surface area contributed by atoms with Crippen LogP contribution in [0.1, 0.15) is 49.8 Å². The molecule has 0 unspecified atom stereocenters. The molecule has 0 fully saturated rings. The molecule has 160 valence electrons. The Morgan fingerprint density at radius 3 is 2.86 bits per heavy atom. The number of nitrogens with one attached hydrogen (secondary N) is 2. The number of benzene rings is 1. The zero-order valence-electron chi connectivity index (χ0n) is 17.5. The number of aliphatic imine (C=N–C) groups is 1. The lowest BCUT2D eigenvalue weighted by atomic mass is 10.2. The van der Waals surface area contributed by atoms with Gasteiger partial charge in [0, 0.05) is 45.1 Å². The lowest BCUT2D eigenvalue weighted by Gasteiger charge is -2.14. The van der Waals surface area contributed by atoms with Crippen molar-refractivity contribution < 1.29 is 4.74 Å². The van der Waals surface area contributed by atoms with Crippen molar-refractivity contribution in [2.45, 2.75) is 58.5 Å². The number of fused-ring (bicyclic) bond motifs is 1. The predicted octanol–water partition coefficient (Wildman–Crippen LogP) is 3.32.